The summed E-state index contributed by atoms with van der Waals surface area (Å²) in [6.45, 7) is 0. The highest BCUT2D eigenvalue weighted by Crippen LogP contribution is 2.34. The van der Waals surface area contributed by atoms with Crippen LogP contribution in [0, 0.1) is 0 Å². The Morgan fingerprint density at radius 2 is 1.58 bits per heavy atom. The summed E-state index contributed by atoms with van der Waals surface area (Å²) in [4.78, 5) is 9.83. The molecule has 0 saturated carbocycles. The fourth-order valence-corrected chi connectivity index (χ4v) is 3.32. The predicted molar refractivity (Wildman–Crippen MR) is 98.7 cm³/mol. The maximum Gasteiger partial charge on any atom is 0.253 e. The van der Waals surface area contributed by atoms with E-state index in [1.54, 1.807) is 0 Å². The monoisotopic (exact) mass is 333 g/mol. The Balaban J connectivity index is 1.77. The van der Waals surface area contributed by atoms with Gasteiger partial charge in [-0.05, 0) is 23.6 Å². The average molecular weight is 333 g/mol. The summed E-state index contributed by atoms with van der Waals surface area (Å²) in [5.74, 6) is 0.930. The molecule has 24 heavy (non-hydrogen) atoms. The smallest absolute Gasteiger partial charge is 0.253 e. The second kappa shape index (κ2) is 6.03. The van der Waals surface area contributed by atoms with Crippen molar-refractivity contribution in [1.29, 1.82) is 0 Å². The highest BCUT2D eigenvalue weighted by Gasteiger charge is 2.41. The number of amidine groups is 2. The number of para-hydroxylation sites is 1. The Hall–Kier alpha value is -2.76. The largest absolute Gasteiger partial charge is 0.359 e. The first-order valence-corrected chi connectivity index (χ1v) is 8.46. The zero-order valence-corrected chi connectivity index (χ0v) is 13.6. The number of hydrogen-bond donors (Lipinski definition) is 2. The number of anilines is 1. The van der Waals surface area contributed by atoms with Crippen molar-refractivity contribution < 1.29 is 5.11 Å². The van der Waals surface area contributed by atoms with E-state index in [0.29, 0.717) is 11.7 Å². The van der Waals surface area contributed by atoms with Gasteiger partial charge in [0.2, 0.25) is 0 Å². The minimum absolute atomic E-state index is 0.412. The molecular formula is C19H15N3OS. The summed E-state index contributed by atoms with van der Waals surface area (Å²) in [6.07, 6.45) is 0. The second-order valence-corrected chi connectivity index (χ2v) is 6.35. The SMILES string of the molecule is OC1(c2cccs2)N=C(c2ccccc2)N=C1Nc1ccccc1. The fourth-order valence-electron chi connectivity index (χ4n) is 2.55. The zero-order chi connectivity index (χ0) is 16.4. The Morgan fingerprint density at radius 3 is 2.25 bits per heavy atom. The van der Waals surface area contributed by atoms with Gasteiger partial charge in [-0.25, -0.2) is 9.98 Å². The molecule has 1 aromatic heterocycles. The fraction of sp³-hybridized carbons (Fsp3) is 0.0526. The van der Waals surface area contributed by atoms with Gasteiger partial charge in [0.05, 0.1) is 4.88 Å². The van der Waals surface area contributed by atoms with Crippen LogP contribution in [0.5, 0.6) is 0 Å². The lowest BCUT2D eigenvalue weighted by Gasteiger charge is -2.21. The lowest BCUT2D eigenvalue weighted by Crippen LogP contribution is -2.35. The maximum atomic E-state index is 11.2. The molecule has 4 nitrogen and oxygen atoms in total. The molecule has 1 aliphatic rings. The van der Waals surface area contributed by atoms with Crippen molar-refractivity contribution in [1.82, 2.24) is 0 Å². The van der Waals surface area contributed by atoms with Crippen LogP contribution in [0.3, 0.4) is 0 Å². The Bertz CT molecular complexity index is 889. The quantitative estimate of drug-likeness (QED) is 0.764. The van der Waals surface area contributed by atoms with Crippen molar-refractivity contribution in [2.45, 2.75) is 5.72 Å². The van der Waals surface area contributed by atoms with Crippen LogP contribution in [0.2, 0.25) is 0 Å². The highest BCUT2D eigenvalue weighted by molar-refractivity contribution is 7.10. The molecule has 0 radical (unpaired) electrons. The van der Waals surface area contributed by atoms with E-state index >= 15 is 0 Å². The molecule has 118 valence electrons. The molecule has 3 aromatic rings. The molecule has 1 atom stereocenters. The van der Waals surface area contributed by atoms with Crippen molar-refractivity contribution in [2.24, 2.45) is 9.98 Å². The molecular weight excluding hydrogens is 318 g/mol. The van der Waals surface area contributed by atoms with Gasteiger partial charge >= 0.3 is 0 Å². The van der Waals surface area contributed by atoms with Gasteiger partial charge in [0.25, 0.3) is 5.72 Å². The third kappa shape index (κ3) is 2.64. The molecule has 2 heterocycles. The number of aliphatic hydroxyl groups is 1. The van der Waals surface area contributed by atoms with Crippen molar-refractivity contribution in [3.63, 3.8) is 0 Å². The molecule has 2 aromatic carbocycles. The number of hydrogen-bond acceptors (Lipinski definition) is 5. The van der Waals surface area contributed by atoms with Crippen molar-refractivity contribution in [3.8, 4) is 0 Å². The third-order valence-electron chi connectivity index (χ3n) is 3.75. The van der Waals surface area contributed by atoms with Gasteiger partial charge < -0.3 is 10.4 Å². The van der Waals surface area contributed by atoms with E-state index in [0.717, 1.165) is 16.1 Å². The summed E-state index contributed by atoms with van der Waals surface area (Å²) >= 11 is 1.45. The van der Waals surface area contributed by atoms with Gasteiger partial charge in [0.15, 0.2) is 11.7 Å². The maximum absolute atomic E-state index is 11.2. The number of thiophene rings is 1. The van der Waals surface area contributed by atoms with Crippen molar-refractivity contribution in [2.75, 3.05) is 5.32 Å². The molecule has 1 aliphatic heterocycles. The number of rotatable bonds is 3. The number of benzene rings is 2. The van der Waals surface area contributed by atoms with Gasteiger partial charge in [-0.15, -0.1) is 11.3 Å². The minimum atomic E-state index is -1.49. The van der Waals surface area contributed by atoms with Gasteiger partial charge in [-0.2, -0.15) is 0 Å². The lowest BCUT2D eigenvalue weighted by atomic mass is 10.1. The lowest BCUT2D eigenvalue weighted by molar-refractivity contribution is 0.129. The first kappa shape index (κ1) is 14.8. The van der Waals surface area contributed by atoms with E-state index in [1.165, 1.54) is 11.3 Å². The molecule has 0 aliphatic carbocycles. The molecule has 1 unspecified atom stereocenters. The van der Waals surface area contributed by atoms with Gasteiger partial charge in [0.1, 0.15) is 0 Å². The molecule has 0 fully saturated rings. The predicted octanol–water partition coefficient (Wildman–Crippen LogP) is 3.86. The number of aliphatic imine (C=N–C) groups is 2. The van der Waals surface area contributed by atoms with E-state index in [2.05, 4.69) is 15.3 Å². The Kier molecular flexibility index (Phi) is 3.72. The van der Waals surface area contributed by atoms with Gasteiger partial charge in [-0.1, -0.05) is 54.6 Å². The van der Waals surface area contributed by atoms with Crippen LogP contribution in [0.15, 0.2) is 88.2 Å². The summed E-state index contributed by atoms with van der Waals surface area (Å²) < 4.78 is 0. The first-order chi connectivity index (χ1) is 11.8. The minimum Gasteiger partial charge on any atom is -0.359 e. The van der Waals surface area contributed by atoms with E-state index in [1.807, 2.05) is 78.2 Å². The molecule has 4 rings (SSSR count). The van der Waals surface area contributed by atoms with Gasteiger partial charge in [-0.3, -0.25) is 0 Å². The Labute approximate surface area is 143 Å². The number of nitrogens with one attached hydrogen (secondary N) is 1. The van der Waals surface area contributed by atoms with Crippen molar-refractivity contribution >= 4 is 28.7 Å². The summed E-state index contributed by atoms with van der Waals surface area (Å²) in [5.41, 5.74) is 0.239. The molecule has 0 saturated heterocycles. The van der Waals surface area contributed by atoms with Crippen LogP contribution in [0.25, 0.3) is 0 Å². The summed E-state index contributed by atoms with van der Waals surface area (Å²) in [5, 5.41) is 16.4. The summed E-state index contributed by atoms with van der Waals surface area (Å²) in [7, 11) is 0. The van der Waals surface area contributed by atoms with Crippen LogP contribution >= 0.6 is 11.3 Å². The van der Waals surface area contributed by atoms with E-state index in [4.69, 9.17) is 0 Å². The van der Waals surface area contributed by atoms with Crippen molar-refractivity contribution in [3.05, 3.63) is 88.6 Å². The van der Waals surface area contributed by atoms with Crippen LogP contribution in [0.1, 0.15) is 10.4 Å². The zero-order valence-electron chi connectivity index (χ0n) is 12.8. The highest BCUT2D eigenvalue weighted by atomic mass is 32.1. The van der Waals surface area contributed by atoms with Crippen LogP contribution in [-0.2, 0) is 5.72 Å². The second-order valence-electron chi connectivity index (χ2n) is 5.40. The molecule has 0 spiro atoms. The molecule has 2 N–H and O–H groups in total. The summed E-state index contributed by atoms with van der Waals surface area (Å²) in [6, 6.07) is 23.1. The van der Waals surface area contributed by atoms with Crippen LogP contribution < -0.4 is 5.32 Å². The first-order valence-electron chi connectivity index (χ1n) is 7.58. The van der Waals surface area contributed by atoms with Crippen LogP contribution in [0.4, 0.5) is 5.69 Å². The van der Waals surface area contributed by atoms with Gasteiger partial charge in [0, 0.05) is 11.3 Å². The average Bonchev–Trinajstić information content (AvgIpc) is 3.27. The standard InChI is InChI=1S/C19H15N3OS/c23-19(16-12-7-13-24-16)18(20-15-10-5-2-6-11-15)21-17(22-19)14-8-3-1-4-9-14/h1-13,23H,(H,20,21,22). The third-order valence-corrected chi connectivity index (χ3v) is 4.72. The molecule has 5 heteroatoms. The van der Waals surface area contributed by atoms with E-state index in [-0.39, 0.29) is 0 Å². The topological polar surface area (TPSA) is 57.0 Å². The normalized spacial score (nSPS) is 19.7. The van der Waals surface area contributed by atoms with Crippen LogP contribution in [-0.4, -0.2) is 16.8 Å². The molecule has 0 bridgehead atoms. The number of nitrogens with zero attached hydrogens (tertiary/aromatic N) is 2. The molecule has 0 amide bonds. The Morgan fingerprint density at radius 1 is 0.875 bits per heavy atom. The van der Waals surface area contributed by atoms with E-state index in [9.17, 15) is 5.11 Å². The van der Waals surface area contributed by atoms with E-state index < -0.39 is 5.72 Å².